The largest absolute Gasteiger partial charge is 0.493 e. The van der Waals surface area contributed by atoms with Crippen LogP contribution in [0.4, 0.5) is 14.5 Å². The molecule has 3 aromatic carbocycles. The second kappa shape index (κ2) is 11.0. The first-order valence-corrected chi connectivity index (χ1v) is 12.1. The van der Waals surface area contributed by atoms with Gasteiger partial charge in [-0.2, -0.15) is 0 Å². The highest BCUT2D eigenvalue weighted by Crippen LogP contribution is 2.30. The van der Waals surface area contributed by atoms with E-state index in [2.05, 4.69) is 4.72 Å². The van der Waals surface area contributed by atoms with Gasteiger partial charge in [0, 0.05) is 35.8 Å². The van der Waals surface area contributed by atoms with E-state index >= 15 is 0 Å². The Kier molecular flexibility index (Phi) is 8.31. The Morgan fingerprint density at radius 2 is 1.66 bits per heavy atom. The number of hydrogen-bond acceptors (Lipinski definition) is 5. The highest BCUT2D eigenvalue weighted by Gasteiger charge is 2.22. The zero-order valence-electron chi connectivity index (χ0n) is 19.1. The lowest BCUT2D eigenvalue weighted by Gasteiger charge is -2.22. The molecule has 0 saturated heterocycles. The third-order valence-corrected chi connectivity index (χ3v) is 6.92. The second-order valence-electron chi connectivity index (χ2n) is 7.44. The van der Waals surface area contributed by atoms with Crippen molar-refractivity contribution in [2.24, 2.45) is 0 Å². The van der Waals surface area contributed by atoms with E-state index in [1.54, 1.807) is 0 Å². The molecular weight excluding hydrogens is 502 g/mol. The molecule has 0 fully saturated rings. The quantitative estimate of drug-likeness (QED) is 0.454. The molecule has 35 heavy (non-hydrogen) atoms. The number of likely N-dealkylation sites (N-methyl/N-ethyl adjacent to an activating group) is 1. The maximum atomic E-state index is 14.2. The van der Waals surface area contributed by atoms with Crippen LogP contribution in [0, 0.1) is 11.6 Å². The average Bonchev–Trinajstić information content (AvgIpc) is 2.84. The van der Waals surface area contributed by atoms with E-state index in [0.717, 1.165) is 12.1 Å². The molecule has 0 bridgehead atoms. The topological polar surface area (TPSA) is 84.9 Å². The van der Waals surface area contributed by atoms with Crippen LogP contribution in [0.2, 0.25) is 5.02 Å². The highest BCUT2D eigenvalue weighted by molar-refractivity contribution is 7.89. The molecule has 0 spiro atoms. The Bertz CT molecular complexity index is 1330. The van der Waals surface area contributed by atoms with E-state index in [9.17, 15) is 22.0 Å². The minimum absolute atomic E-state index is 0.118. The number of benzene rings is 3. The number of anilines is 1. The first-order valence-electron chi connectivity index (χ1n) is 10.3. The van der Waals surface area contributed by atoms with Gasteiger partial charge in [0.05, 0.1) is 25.7 Å². The summed E-state index contributed by atoms with van der Waals surface area (Å²) in [6, 6.07) is 12.1. The number of carbonyl (C=O) groups is 1. The first kappa shape index (κ1) is 26.4. The van der Waals surface area contributed by atoms with Crippen molar-refractivity contribution in [2.45, 2.75) is 11.3 Å². The van der Waals surface area contributed by atoms with Gasteiger partial charge in [0.25, 0.3) is 0 Å². The van der Waals surface area contributed by atoms with Crippen molar-refractivity contribution >= 4 is 33.2 Å². The zero-order chi connectivity index (χ0) is 25.8. The van der Waals surface area contributed by atoms with Gasteiger partial charge >= 0.3 is 0 Å². The van der Waals surface area contributed by atoms with Gasteiger partial charge in [-0.15, -0.1) is 0 Å². The minimum atomic E-state index is -4.06. The number of amides is 1. The van der Waals surface area contributed by atoms with Crippen molar-refractivity contribution in [2.75, 3.05) is 32.7 Å². The number of rotatable bonds is 9. The molecule has 7 nitrogen and oxygen atoms in total. The molecular formula is C24H23ClF2N2O5S. The van der Waals surface area contributed by atoms with E-state index < -0.39 is 34.1 Å². The molecule has 1 amide bonds. The van der Waals surface area contributed by atoms with Crippen LogP contribution in [0.1, 0.15) is 11.1 Å². The van der Waals surface area contributed by atoms with Gasteiger partial charge in [0.2, 0.25) is 15.9 Å². The number of sulfonamides is 1. The Hall–Kier alpha value is -3.21. The van der Waals surface area contributed by atoms with Gasteiger partial charge in [0.1, 0.15) is 11.6 Å². The Morgan fingerprint density at radius 3 is 2.29 bits per heavy atom. The number of carbonyl (C=O) groups excluding carboxylic acids is 1. The molecule has 0 heterocycles. The Balaban J connectivity index is 1.80. The average molecular weight is 525 g/mol. The van der Waals surface area contributed by atoms with E-state index in [4.69, 9.17) is 21.1 Å². The van der Waals surface area contributed by atoms with Gasteiger partial charge in [-0.25, -0.2) is 21.9 Å². The molecule has 3 aromatic rings. The lowest BCUT2D eigenvalue weighted by atomic mass is 10.0. The fourth-order valence-electron chi connectivity index (χ4n) is 3.39. The van der Waals surface area contributed by atoms with Gasteiger partial charge in [-0.1, -0.05) is 17.7 Å². The molecule has 0 saturated carbocycles. The maximum Gasteiger partial charge on any atom is 0.241 e. The predicted octanol–water partition coefficient (Wildman–Crippen LogP) is 4.17. The summed E-state index contributed by atoms with van der Waals surface area (Å²) in [5.41, 5.74) is 0.540. The van der Waals surface area contributed by atoms with Crippen molar-refractivity contribution in [3.05, 3.63) is 82.4 Å². The van der Waals surface area contributed by atoms with E-state index in [0.29, 0.717) is 22.0 Å². The number of nitrogens with zero attached hydrogens (tertiary/aromatic N) is 1. The van der Waals surface area contributed by atoms with Crippen LogP contribution in [-0.4, -0.2) is 42.1 Å². The summed E-state index contributed by atoms with van der Waals surface area (Å²) in [6.45, 7) is -0.566. The molecule has 0 unspecified atom stereocenters. The summed E-state index contributed by atoms with van der Waals surface area (Å²) in [4.78, 5) is 13.9. The number of nitrogens with one attached hydrogen (secondary N) is 1. The van der Waals surface area contributed by atoms with Crippen LogP contribution in [0.3, 0.4) is 0 Å². The smallest absolute Gasteiger partial charge is 0.241 e. The first-order chi connectivity index (χ1) is 16.6. The van der Waals surface area contributed by atoms with Crippen molar-refractivity contribution in [1.82, 2.24) is 4.72 Å². The van der Waals surface area contributed by atoms with Crippen LogP contribution in [0.5, 0.6) is 11.5 Å². The van der Waals surface area contributed by atoms with Crippen LogP contribution in [0.15, 0.2) is 59.5 Å². The standard InChI is InChI=1S/C24H23ClF2N2O5S/c1-29(21-9-7-16(25)11-15(21)12-18-19(26)5-4-6-20(18)27)24(30)14-28-35(31,32)17-8-10-22(33-2)23(13-17)34-3/h4-11,13,28H,12,14H2,1-3H3. The Morgan fingerprint density at radius 1 is 1.00 bits per heavy atom. The van der Waals surface area contributed by atoms with Crippen molar-refractivity contribution in [3.63, 3.8) is 0 Å². The summed E-state index contributed by atoms with van der Waals surface area (Å²) in [5, 5.41) is 0.315. The molecule has 0 aromatic heterocycles. The molecule has 186 valence electrons. The normalized spacial score (nSPS) is 11.3. The van der Waals surface area contributed by atoms with E-state index in [1.165, 1.54) is 68.6 Å². The monoisotopic (exact) mass is 524 g/mol. The summed E-state index contributed by atoms with van der Waals surface area (Å²) < 4.78 is 66.3. The second-order valence-corrected chi connectivity index (χ2v) is 9.65. The predicted molar refractivity (Wildman–Crippen MR) is 129 cm³/mol. The third kappa shape index (κ3) is 6.08. The molecule has 3 rings (SSSR count). The van der Waals surface area contributed by atoms with Crippen molar-refractivity contribution < 1.29 is 31.5 Å². The summed E-state index contributed by atoms with van der Waals surface area (Å²) in [6.07, 6.45) is -0.163. The van der Waals surface area contributed by atoms with Gasteiger partial charge in [0.15, 0.2) is 11.5 Å². The fraction of sp³-hybridized carbons (Fsp3) is 0.208. The lowest BCUT2D eigenvalue weighted by molar-refractivity contribution is -0.117. The number of halogens is 3. The van der Waals surface area contributed by atoms with Crippen LogP contribution in [-0.2, 0) is 21.2 Å². The fourth-order valence-corrected chi connectivity index (χ4v) is 4.58. The maximum absolute atomic E-state index is 14.2. The van der Waals surface area contributed by atoms with Crippen molar-refractivity contribution in [3.8, 4) is 11.5 Å². The Labute approximate surface area is 207 Å². The van der Waals surface area contributed by atoms with Crippen LogP contribution < -0.4 is 19.1 Å². The SMILES string of the molecule is COc1ccc(S(=O)(=O)NCC(=O)N(C)c2ccc(Cl)cc2Cc2c(F)cccc2F)cc1OC. The number of hydrogen-bond donors (Lipinski definition) is 1. The molecule has 1 N–H and O–H groups in total. The van der Waals surface area contributed by atoms with Crippen LogP contribution in [0.25, 0.3) is 0 Å². The molecule has 0 aliphatic heterocycles. The third-order valence-electron chi connectivity index (χ3n) is 5.28. The molecule has 0 radical (unpaired) electrons. The number of methoxy groups -OCH3 is 2. The molecule has 0 aliphatic carbocycles. The summed E-state index contributed by atoms with van der Waals surface area (Å²) in [7, 11) is 0.163. The summed E-state index contributed by atoms with van der Waals surface area (Å²) >= 11 is 6.08. The van der Waals surface area contributed by atoms with Crippen LogP contribution >= 0.6 is 11.6 Å². The molecule has 0 aliphatic rings. The van der Waals surface area contributed by atoms with E-state index in [-0.39, 0.29) is 22.6 Å². The van der Waals surface area contributed by atoms with Gasteiger partial charge in [-0.05, 0) is 48.0 Å². The number of ether oxygens (including phenoxy) is 2. The lowest BCUT2D eigenvalue weighted by Crippen LogP contribution is -2.38. The van der Waals surface area contributed by atoms with Gasteiger partial charge < -0.3 is 14.4 Å². The zero-order valence-corrected chi connectivity index (χ0v) is 20.7. The summed E-state index contributed by atoms with van der Waals surface area (Å²) in [5.74, 6) is -1.50. The van der Waals surface area contributed by atoms with E-state index in [1.807, 2.05) is 0 Å². The highest BCUT2D eigenvalue weighted by atomic mass is 35.5. The van der Waals surface area contributed by atoms with Gasteiger partial charge in [-0.3, -0.25) is 4.79 Å². The molecule has 0 atom stereocenters. The van der Waals surface area contributed by atoms with Crippen molar-refractivity contribution in [1.29, 1.82) is 0 Å². The molecule has 11 heteroatoms. The minimum Gasteiger partial charge on any atom is -0.493 e.